The second-order valence-electron chi connectivity index (χ2n) is 4.82. The number of aryl methyl sites for hydroxylation is 1. The minimum atomic E-state index is -0.601. The van der Waals surface area contributed by atoms with E-state index in [1.807, 2.05) is 42.6 Å². The minimum Gasteiger partial charge on any atom is -0.496 e. The smallest absolute Gasteiger partial charge is 0.121 e. The SMILES string of the molecule is COc1ccc(C(O)c2csc3ccccc23)cc1C. The van der Waals surface area contributed by atoms with Crippen molar-refractivity contribution in [1.29, 1.82) is 0 Å². The number of benzene rings is 2. The molecule has 0 spiro atoms. The summed E-state index contributed by atoms with van der Waals surface area (Å²) in [5.41, 5.74) is 2.89. The molecule has 0 saturated carbocycles. The van der Waals surface area contributed by atoms with E-state index in [-0.39, 0.29) is 0 Å². The third-order valence-corrected chi connectivity index (χ3v) is 4.52. The Hall–Kier alpha value is -1.84. The fraction of sp³-hybridized carbons (Fsp3) is 0.176. The van der Waals surface area contributed by atoms with Gasteiger partial charge < -0.3 is 9.84 Å². The Morgan fingerprint density at radius 3 is 2.70 bits per heavy atom. The fourth-order valence-corrected chi connectivity index (χ4v) is 3.44. The van der Waals surface area contributed by atoms with Crippen molar-refractivity contribution in [2.24, 2.45) is 0 Å². The predicted octanol–water partition coefficient (Wildman–Crippen LogP) is 4.30. The summed E-state index contributed by atoms with van der Waals surface area (Å²) in [5, 5.41) is 13.8. The van der Waals surface area contributed by atoms with E-state index >= 15 is 0 Å². The highest BCUT2D eigenvalue weighted by molar-refractivity contribution is 7.17. The molecular weight excluding hydrogens is 268 g/mol. The summed E-state index contributed by atoms with van der Waals surface area (Å²) in [5.74, 6) is 0.844. The average Bonchev–Trinajstić information content (AvgIpc) is 2.90. The lowest BCUT2D eigenvalue weighted by molar-refractivity contribution is 0.222. The van der Waals surface area contributed by atoms with E-state index in [9.17, 15) is 5.11 Å². The molecule has 0 bridgehead atoms. The number of methoxy groups -OCH3 is 1. The molecular formula is C17H16O2S. The van der Waals surface area contributed by atoms with Crippen molar-refractivity contribution in [2.75, 3.05) is 7.11 Å². The van der Waals surface area contributed by atoms with Gasteiger partial charge in [-0.05, 0) is 47.0 Å². The van der Waals surface area contributed by atoms with Crippen molar-refractivity contribution in [3.05, 3.63) is 64.5 Å². The largest absolute Gasteiger partial charge is 0.496 e. The summed E-state index contributed by atoms with van der Waals surface area (Å²) in [6.07, 6.45) is -0.601. The van der Waals surface area contributed by atoms with Crippen molar-refractivity contribution in [1.82, 2.24) is 0 Å². The van der Waals surface area contributed by atoms with E-state index in [0.717, 1.165) is 27.8 Å². The summed E-state index contributed by atoms with van der Waals surface area (Å²) in [6.45, 7) is 1.99. The molecule has 0 aliphatic carbocycles. The minimum absolute atomic E-state index is 0.601. The van der Waals surface area contributed by atoms with Gasteiger partial charge in [0.05, 0.1) is 7.11 Å². The van der Waals surface area contributed by atoms with E-state index in [0.29, 0.717) is 0 Å². The van der Waals surface area contributed by atoms with Crippen LogP contribution in [0.15, 0.2) is 47.8 Å². The molecule has 3 rings (SSSR count). The van der Waals surface area contributed by atoms with Gasteiger partial charge in [-0.3, -0.25) is 0 Å². The first-order valence-corrected chi connectivity index (χ1v) is 7.37. The van der Waals surface area contributed by atoms with Crippen molar-refractivity contribution < 1.29 is 9.84 Å². The maximum Gasteiger partial charge on any atom is 0.121 e. The number of thiophene rings is 1. The van der Waals surface area contributed by atoms with Crippen LogP contribution in [0.3, 0.4) is 0 Å². The van der Waals surface area contributed by atoms with Gasteiger partial charge in [0.1, 0.15) is 11.9 Å². The summed E-state index contributed by atoms with van der Waals surface area (Å²) < 4.78 is 6.46. The normalized spacial score (nSPS) is 12.6. The van der Waals surface area contributed by atoms with Crippen LogP contribution in [0.2, 0.25) is 0 Å². The Bertz CT molecular complexity index is 746. The zero-order valence-electron chi connectivity index (χ0n) is 11.5. The molecule has 102 valence electrons. The number of hydrogen-bond donors (Lipinski definition) is 1. The van der Waals surface area contributed by atoms with Gasteiger partial charge in [0.2, 0.25) is 0 Å². The molecule has 20 heavy (non-hydrogen) atoms. The quantitative estimate of drug-likeness (QED) is 0.777. The van der Waals surface area contributed by atoms with Crippen molar-refractivity contribution in [3.8, 4) is 5.75 Å². The number of ether oxygens (including phenoxy) is 1. The zero-order chi connectivity index (χ0) is 14.1. The first kappa shape index (κ1) is 13.2. The fourth-order valence-electron chi connectivity index (χ4n) is 2.46. The Morgan fingerprint density at radius 1 is 1.15 bits per heavy atom. The summed E-state index contributed by atoms with van der Waals surface area (Å²) in [4.78, 5) is 0. The van der Waals surface area contributed by atoms with E-state index < -0.39 is 6.10 Å². The molecule has 0 aliphatic heterocycles. The lowest BCUT2D eigenvalue weighted by Gasteiger charge is -2.13. The van der Waals surface area contributed by atoms with E-state index in [1.54, 1.807) is 18.4 Å². The molecule has 1 aromatic heterocycles. The lowest BCUT2D eigenvalue weighted by atomic mass is 9.99. The second-order valence-corrected chi connectivity index (χ2v) is 5.73. The van der Waals surface area contributed by atoms with Crippen molar-refractivity contribution >= 4 is 21.4 Å². The van der Waals surface area contributed by atoms with Gasteiger partial charge in [-0.15, -0.1) is 11.3 Å². The summed E-state index contributed by atoms with van der Waals surface area (Å²) >= 11 is 1.66. The zero-order valence-corrected chi connectivity index (χ0v) is 12.3. The Labute approximate surface area is 122 Å². The highest BCUT2D eigenvalue weighted by Gasteiger charge is 2.15. The Balaban J connectivity index is 2.04. The van der Waals surface area contributed by atoms with E-state index in [2.05, 4.69) is 12.1 Å². The molecule has 0 aliphatic rings. The standard InChI is InChI=1S/C17H16O2S/c1-11-9-12(7-8-15(11)19-2)17(18)14-10-20-16-6-4-3-5-13(14)16/h3-10,17-18H,1-2H3. The highest BCUT2D eigenvalue weighted by atomic mass is 32.1. The van der Waals surface area contributed by atoms with Crippen LogP contribution in [0.1, 0.15) is 22.8 Å². The molecule has 0 amide bonds. The molecule has 1 N–H and O–H groups in total. The van der Waals surface area contributed by atoms with Crippen LogP contribution in [-0.4, -0.2) is 12.2 Å². The van der Waals surface area contributed by atoms with E-state index in [1.165, 1.54) is 4.70 Å². The van der Waals surface area contributed by atoms with Crippen LogP contribution in [0, 0.1) is 6.92 Å². The number of aliphatic hydroxyl groups excluding tert-OH is 1. The van der Waals surface area contributed by atoms with E-state index in [4.69, 9.17) is 4.74 Å². The number of hydrogen-bond acceptors (Lipinski definition) is 3. The predicted molar refractivity (Wildman–Crippen MR) is 83.6 cm³/mol. The van der Waals surface area contributed by atoms with Gasteiger partial charge in [-0.2, -0.15) is 0 Å². The van der Waals surface area contributed by atoms with Gasteiger partial charge in [0.15, 0.2) is 0 Å². The lowest BCUT2D eigenvalue weighted by Crippen LogP contribution is -1.99. The third-order valence-electron chi connectivity index (χ3n) is 3.54. The monoisotopic (exact) mass is 284 g/mol. The van der Waals surface area contributed by atoms with Gasteiger partial charge in [0.25, 0.3) is 0 Å². The molecule has 1 unspecified atom stereocenters. The van der Waals surface area contributed by atoms with Gasteiger partial charge in [-0.25, -0.2) is 0 Å². The van der Waals surface area contributed by atoms with Crippen LogP contribution < -0.4 is 4.74 Å². The molecule has 2 nitrogen and oxygen atoms in total. The van der Waals surface area contributed by atoms with Gasteiger partial charge in [0, 0.05) is 10.3 Å². The second kappa shape index (κ2) is 5.27. The van der Waals surface area contributed by atoms with Crippen LogP contribution in [0.5, 0.6) is 5.75 Å². The number of fused-ring (bicyclic) bond motifs is 1. The average molecular weight is 284 g/mol. The Kier molecular flexibility index (Phi) is 3.47. The summed E-state index contributed by atoms with van der Waals surface area (Å²) in [7, 11) is 1.66. The van der Waals surface area contributed by atoms with Gasteiger partial charge >= 0.3 is 0 Å². The number of rotatable bonds is 3. The van der Waals surface area contributed by atoms with Gasteiger partial charge in [-0.1, -0.05) is 24.3 Å². The molecule has 2 aromatic carbocycles. The van der Waals surface area contributed by atoms with Crippen LogP contribution in [-0.2, 0) is 0 Å². The first-order chi connectivity index (χ1) is 9.70. The van der Waals surface area contributed by atoms with Crippen LogP contribution >= 0.6 is 11.3 Å². The highest BCUT2D eigenvalue weighted by Crippen LogP contribution is 2.34. The Morgan fingerprint density at radius 2 is 1.95 bits per heavy atom. The molecule has 1 atom stereocenters. The first-order valence-electron chi connectivity index (χ1n) is 6.49. The van der Waals surface area contributed by atoms with Crippen LogP contribution in [0.4, 0.5) is 0 Å². The van der Waals surface area contributed by atoms with Crippen molar-refractivity contribution in [3.63, 3.8) is 0 Å². The molecule has 3 aromatic rings. The maximum absolute atomic E-state index is 10.6. The van der Waals surface area contributed by atoms with Crippen LogP contribution in [0.25, 0.3) is 10.1 Å². The number of aliphatic hydroxyl groups is 1. The van der Waals surface area contributed by atoms with Crippen molar-refractivity contribution in [2.45, 2.75) is 13.0 Å². The maximum atomic E-state index is 10.6. The molecule has 0 saturated heterocycles. The molecule has 0 fully saturated rings. The third kappa shape index (κ3) is 2.19. The molecule has 3 heteroatoms. The topological polar surface area (TPSA) is 29.5 Å². The molecule has 0 radical (unpaired) electrons. The summed E-state index contributed by atoms with van der Waals surface area (Å²) in [6, 6.07) is 14.0. The molecule has 1 heterocycles.